The van der Waals surface area contributed by atoms with Crippen molar-refractivity contribution in [2.24, 2.45) is 46.3 Å². The number of fused-ring (bicyclic) bond motifs is 7. The summed E-state index contributed by atoms with van der Waals surface area (Å²) in [4.78, 5) is 0. The molecule has 4 heterocycles. The van der Waals surface area contributed by atoms with Crippen molar-refractivity contribution in [3.63, 3.8) is 0 Å². The van der Waals surface area contributed by atoms with E-state index in [1.54, 1.807) is 0 Å². The van der Waals surface area contributed by atoms with E-state index in [9.17, 15) is 30.6 Å². The molecule has 0 radical (unpaired) electrons. The van der Waals surface area contributed by atoms with Crippen molar-refractivity contribution in [2.45, 2.75) is 172 Å². The van der Waals surface area contributed by atoms with Crippen LogP contribution < -0.4 is 0 Å². The highest BCUT2D eigenvalue weighted by atomic mass is 16.7. The Hall–Kier alpha value is -0.740. The summed E-state index contributed by atoms with van der Waals surface area (Å²) in [6.07, 6.45) is -1.53. The topological polar surface area (TPSA) is 177 Å². The van der Waals surface area contributed by atoms with Gasteiger partial charge in [-0.25, -0.2) is 0 Å². The standard InChI is InChI=1S/C39H62O12/c1-18-8-13-39(46-17-18)19(2)28-26(51-39)15-25-23-7-6-21-14-22(9-11-37(21,4)24(23)10-12-38(25,28)5)48-36-33(45)31(43)34(27(16-40)49-36)50-35-32(44)30(42)29(41)20(3)47-35/h6,18-20,22-36,40-45H,7-17H2,1-5H3/t18-,19-,20+,22+,23+,24-,25-,26-,27+,28-,29+,30-,31+,32+,33+,34+,35-,36+,37+,38-,39+/m1/s1. The third-order valence-electron chi connectivity index (χ3n) is 15.6. The van der Waals surface area contributed by atoms with Gasteiger partial charge in [0.05, 0.1) is 31.5 Å². The highest BCUT2D eigenvalue weighted by Crippen LogP contribution is 2.70. The molecule has 7 fully saturated rings. The number of hydrogen-bond acceptors (Lipinski definition) is 12. The summed E-state index contributed by atoms with van der Waals surface area (Å²) < 4.78 is 37.1. The molecule has 0 unspecified atom stereocenters. The number of aliphatic hydroxyl groups is 6. The van der Waals surface area contributed by atoms with Gasteiger partial charge in [0, 0.05) is 12.3 Å². The third-order valence-corrected chi connectivity index (χ3v) is 15.6. The summed E-state index contributed by atoms with van der Waals surface area (Å²) in [6, 6.07) is 0. The number of hydrogen-bond donors (Lipinski definition) is 6. The smallest absolute Gasteiger partial charge is 0.187 e. The van der Waals surface area contributed by atoms with Gasteiger partial charge in [-0.05, 0) is 98.7 Å². The second kappa shape index (κ2) is 13.5. The molecule has 21 atom stereocenters. The predicted molar refractivity (Wildman–Crippen MR) is 182 cm³/mol. The molecule has 3 saturated carbocycles. The minimum Gasteiger partial charge on any atom is -0.394 e. The van der Waals surface area contributed by atoms with Gasteiger partial charge in [0.25, 0.3) is 0 Å². The second-order valence-corrected chi connectivity index (χ2v) is 18.3. The molecule has 51 heavy (non-hydrogen) atoms. The van der Waals surface area contributed by atoms with Crippen molar-refractivity contribution >= 4 is 0 Å². The Bertz CT molecular complexity index is 1300. The highest BCUT2D eigenvalue weighted by Gasteiger charge is 2.68. The van der Waals surface area contributed by atoms with Gasteiger partial charge < -0.3 is 59.1 Å². The lowest BCUT2D eigenvalue weighted by atomic mass is 9.47. The fraction of sp³-hybridized carbons (Fsp3) is 0.949. The van der Waals surface area contributed by atoms with Gasteiger partial charge in [-0.15, -0.1) is 0 Å². The van der Waals surface area contributed by atoms with E-state index in [1.807, 2.05) is 0 Å². The van der Waals surface area contributed by atoms with E-state index in [1.165, 1.54) is 31.8 Å². The van der Waals surface area contributed by atoms with Crippen molar-refractivity contribution < 1.29 is 59.1 Å². The molecular weight excluding hydrogens is 660 g/mol. The first kappa shape index (κ1) is 37.2. The molecule has 4 aliphatic heterocycles. The molecular formula is C39H62O12. The highest BCUT2D eigenvalue weighted by molar-refractivity contribution is 5.26. The maximum Gasteiger partial charge on any atom is 0.187 e. The molecule has 0 bridgehead atoms. The van der Waals surface area contributed by atoms with Gasteiger partial charge in [-0.2, -0.15) is 0 Å². The zero-order chi connectivity index (χ0) is 36.2. The molecule has 0 aromatic rings. The Morgan fingerprint density at radius 3 is 2.29 bits per heavy atom. The van der Waals surface area contributed by atoms with Crippen LogP contribution in [0.3, 0.4) is 0 Å². The summed E-state index contributed by atoms with van der Waals surface area (Å²) in [5, 5.41) is 63.1. The second-order valence-electron chi connectivity index (χ2n) is 18.3. The van der Waals surface area contributed by atoms with Crippen molar-refractivity contribution in [1.82, 2.24) is 0 Å². The van der Waals surface area contributed by atoms with Crippen molar-refractivity contribution in [1.29, 1.82) is 0 Å². The van der Waals surface area contributed by atoms with E-state index >= 15 is 0 Å². The van der Waals surface area contributed by atoms with Crippen LogP contribution in [0.25, 0.3) is 0 Å². The number of rotatable bonds is 5. The number of aliphatic hydroxyl groups excluding tert-OH is 6. The lowest BCUT2D eigenvalue weighted by molar-refractivity contribution is -0.360. The summed E-state index contributed by atoms with van der Waals surface area (Å²) >= 11 is 0. The SMILES string of the molecule is C[C@@H]1CC[C@]2(OC1)O[C@@H]1C[C@@H]3[C@H]4CC=C5C[C@@H](O[C@H]6O[C@@H](CO)[C@H](O[C@H]7O[C@@H](C)[C@H](O)[C@@H](O)[C@@H]7O)[C@@H](O)[C@@H]6O)CC[C@]5(C)[C@@H]4CC[C@@]3(C)[C@@H]1[C@H]2C. The maximum atomic E-state index is 11.1. The molecule has 12 nitrogen and oxygen atoms in total. The minimum atomic E-state index is -1.61. The molecule has 1 spiro atoms. The van der Waals surface area contributed by atoms with Gasteiger partial charge in [0.2, 0.25) is 0 Å². The molecule has 290 valence electrons. The maximum absolute atomic E-state index is 11.1. The van der Waals surface area contributed by atoms with Crippen LogP contribution in [0.2, 0.25) is 0 Å². The van der Waals surface area contributed by atoms with Crippen molar-refractivity contribution in [2.75, 3.05) is 13.2 Å². The van der Waals surface area contributed by atoms with Crippen molar-refractivity contribution in [3.05, 3.63) is 11.6 Å². The fourth-order valence-electron chi connectivity index (χ4n) is 12.6. The van der Waals surface area contributed by atoms with E-state index in [4.69, 9.17) is 28.4 Å². The first-order valence-electron chi connectivity index (χ1n) is 19.8. The molecule has 6 N–H and O–H groups in total. The van der Waals surface area contributed by atoms with E-state index in [0.717, 1.165) is 45.1 Å². The van der Waals surface area contributed by atoms with Crippen LogP contribution in [0.5, 0.6) is 0 Å². The van der Waals surface area contributed by atoms with Crippen LogP contribution in [0, 0.1) is 46.3 Å². The van der Waals surface area contributed by atoms with Gasteiger partial charge in [-0.3, -0.25) is 0 Å². The molecule has 0 amide bonds. The Balaban J connectivity index is 0.915. The Labute approximate surface area is 301 Å². The quantitative estimate of drug-likeness (QED) is 0.229. The monoisotopic (exact) mass is 722 g/mol. The molecule has 0 aromatic heterocycles. The molecule has 8 aliphatic rings. The average molecular weight is 723 g/mol. The van der Waals surface area contributed by atoms with Crippen LogP contribution >= 0.6 is 0 Å². The molecule has 4 saturated heterocycles. The van der Waals surface area contributed by atoms with E-state index in [-0.39, 0.29) is 23.0 Å². The summed E-state index contributed by atoms with van der Waals surface area (Å²) in [7, 11) is 0. The predicted octanol–water partition coefficient (Wildman–Crippen LogP) is 2.39. The van der Waals surface area contributed by atoms with E-state index < -0.39 is 73.8 Å². The number of allylic oxidation sites excluding steroid dienone is 1. The molecule has 0 aromatic carbocycles. The van der Waals surface area contributed by atoms with Crippen LogP contribution in [0.15, 0.2) is 11.6 Å². The lowest BCUT2D eigenvalue weighted by Gasteiger charge is -2.58. The van der Waals surface area contributed by atoms with E-state index in [2.05, 4.69) is 33.8 Å². The van der Waals surface area contributed by atoms with Crippen molar-refractivity contribution in [3.8, 4) is 0 Å². The summed E-state index contributed by atoms with van der Waals surface area (Å²) in [5.74, 6) is 2.99. The molecule has 8 rings (SSSR count). The van der Waals surface area contributed by atoms with Crippen LogP contribution in [0.1, 0.15) is 92.4 Å². The Kier molecular flexibility index (Phi) is 9.83. The van der Waals surface area contributed by atoms with Crippen LogP contribution in [-0.4, -0.2) is 123 Å². The van der Waals surface area contributed by atoms with Crippen LogP contribution in [0.4, 0.5) is 0 Å². The first-order chi connectivity index (χ1) is 24.2. The molecule has 12 heteroatoms. The third kappa shape index (κ3) is 5.84. The van der Waals surface area contributed by atoms with Gasteiger partial charge in [0.15, 0.2) is 18.4 Å². The average Bonchev–Trinajstić information content (AvgIpc) is 3.56. The Morgan fingerprint density at radius 2 is 1.57 bits per heavy atom. The summed E-state index contributed by atoms with van der Waals surface area (Å²) in [5.41, 5.74) is 1.75. The van der Waals surface area contributed by atoms with Gasteiger partial charge in [-0.1, -0.05) is 39.3 Å². The normalized spacial score (nSPS) is 58.4. The lowest BCUT2D eigenvalue weighted by Crippen LogP contribution is -2.64. The minimum absolute atomic E-state index is 0.0757. The summed E-state index contributed by atoms with van der Waals surface area (Å²) in [6.45, 7) is 11.5. The van der Waals surface area contributed by atoms with Crippen LogP contribution in [-0.2, 0) is 28.4 Å². The fourth-order valence-corrected chi connectivity index (χ4v) is 12.6. The van der Waals surface area contributed by atoms with Gasteiger partial charge >= 0.3 is 0 Å². The zero-order valence-corrected chi connectivity index (χ0v) is 30.9. The van der Waals surface area contributed by atoms with E-state index in [0.29, 0.717) is 35.5 Å². The van der Waals surface area contributed by atoms with Gasteiger partial charge in [0.1, 0.15) is 42.7 Å². The Morgan fingerprint density at radius 1 is 0.824 bits per heavy atom. The largest absolute Gasteiger partial charge is 0.394 e. The molecule has 4 aliphatic carbocycles. The first-order valence-corrected chi connectivity index (χ1v) is 19.8. The zero-order valence-electron chi connectivity index (χ0n) is 30.9. The number of ether oxygens (including phenoxy) is 6.